The van der Waals surface area contributed by atoms with E-state index in [1.165, 1.54) is 4.90 Å². The van der Waals surface area contributed by atoms with E-state index in [9.17, 15) is 9.59 Å². The number of benzene rings is 1. The lowest BCUT2D eigenvalue weighted by Crippen LogP contribution is -2.40. The van der Waals surface area contributed by atoms with Crippen LogP contribution in [0.2, 0.25) is 0 Å². The van der Waals surface area contributed by atoms with Gasteiger partial charge in [0.25, 0.3) is 0 Å². The fourth-order valence-electron chi connectivity index (χ4n) is 2.14. The number of anilines is 1. The molecule has 1 aromatic rings. The number of rotatable bonds is 6. The molecule has 0 saturated heterocycles. The minimum Gasteiger partial charge on any atom is -0.336 e. The SMILES string of the molecule is CNCC(C)C(=O)N(C)CC(=O)Nc1cccc(C)c1C.Cl. The monoisotopic (exact) mass is 327 g/mol. The molecule has 0 aliphatic carbocycles. The third-order valence-electron chi connectivity index (χ3n) is 3.57. The summed E-state index contributed by atoms with van der Waals surface area (Å²) in [6.45, 7) is 6.47. The summed E-state index contributed by atoms with van der Waals surface area (Å²) in [4.78, 5) is 25.6. The van der Waals surface area contributed by atoms with E-state index >= 15 is 0 Å². The van der Waals surface area contributed by atoms with Crippen LogP contribution in [0.5, 0.6) is 0 Å². The molecule has 0 saturated carbocycles. The van der Waals surface area contributed by atoms with Crippen LogP contribution in [0.3, 0.4) is 0 Å². The molecule has 124 valence electrons. The Morgan fingerprint density at radius 1 is 1.27 bits per heavy atom. The van der Waals surface area contributed by atoms with Crippen LogP contribution in [0.4, 0.5) is 5.69 Å². The third kappa shape index (κ3) is 5.66. The summed E-state index contributed by atoms with van der Waals surface area (Å²) in [5.41, 5.74) is 2.97. The summed E-state index contributed by atoms with van der Waals surface area (Å²) in [6, 6.07) is 5.77. The van der Waals surface area contributed by atoms with Gasteiger partial charge in [0.1, 0.15) is 0 Å². The number of aryl methyl sites for hydroxylation is 1. The zero-order valence-electron chi connectivity index (χ0n) is 13.9. The minimum absolute atomic E-state index is 0. The van der Waals surface area contributed by atoms with Crippen LogP contribution in [0.1, 0.15) is 18.1 Å². The molecule has 0 aliphatic heterocycles. The average Bonchev–Trinajstić information content (AvgIpc) is 2.43. The molecule has 0 spiro atoms. The third-order valence-corrected chi connectivity index (χ3v) is 3.57. The van der Waals surface area contributed by atoms with Crippen LogP contribution < -0.4 is 10.6 Å². The summed E-state index contributed by atoms with van der Waals surface area (Å²) < 4.78 is 0. The van der Waals surface area contributed by atoms with Gasteiger partial charge in [-0.15, -0.1) is 12.4 Å². The molecule has 0 radical (unpaired) electrons. The Morgan fingerprint density at radius 2 is 1.91 bits per heavy atom. The van der Waals surface area contributed by atoms with Gasteiger partial charge in [0.2, 0.25) is 11.8 Å². The summed E-state index contributed by atoms with van der Waals surface area (Å²) in [6.07, 6.45) is 0. The highest BCUT2D eigenvalue weighted by Crippen LogP contribution is 2.17. The lowest BCUT2D eigenvalue weighted by Gasteiger charge is -2.21. The van der Waals surface area contributed by atoms with E-state index in [0.29, 0.717) is 6.54 Å². The van der Waals surface area contributed by atoms with Crippen molar-refractivity contribution in [3.05, 3.63) is 29.3 Å². The first-order valence-electron chi connectivity index (χ1n) is 7.12. The van der Waals surface area contributed by atoms with Gasteiger partial charge in [-0.05, 0) is 38.1 Å². The van der Waals surface area contributed by atoms with Crippen LogP contribution in [0, 0.1) is 19.8 Å². The Kier molecular flexibility index (Phi) is 8.75. The maximum Gasteiger partial charge on any atom is 0.243 e. The van der Waals surface area contributed by atoms with Gasteiger partial charge in [-0.25, -0.2) is 0 Å². The van der Waals surface area contributed by atoms with Gasteiger partial charge in [0.05, 0.1) is 6.54 Å². The van der Waals surface area contributed by atoms with Crippen molar-refractivity contribution in [2.45, 2.75) is 20.8 Å². The summed E-state index contributed by atoms with van der Waals surface area (Å²) in [5, 5.41) is 5.82. The van der Waals surface area contributed by atoms with Crippen LogP contribution in [0.15, 0.2) is 18.2 Å². The Balaban J connectivity index is 0.00000441. The zero-order valence-corrected chi connectivity index (χ0v) is 14.7. The van der Waals surface area contributed by atoms with E-state index in [0.717, 1.165) is 16.8 Å². The van der Waals surface area contributed by atoms with Crippen LogP contribution in [-0.2, 0) is 9.59 Å². The van der Waals surface area contributed by atoms with Crippen molar-refractivity contribution in [1.29, 1.82) is 0 Å². The number of nitrogens with one attached hydrogen (secondary N) is 2. The van der Waals surface area contributed by atoms with Crippen molar-refractivity contribution in [3.8, 4) is 0 Å². The van der Waals surface area contributed by atoms with Gasteiger partial charge in [-0.3, -0.25) is 9.59 Å². The van der Waals surface area contributed by atoms with Crippen LogP contribution in [-0.4, -0.2) is 43.9 Å². The first-order chi connectivity index (χ1) is 9.86. The normalized spacial score (nSPS) is 11.3. The number of hydrogen-bond acceptors (Lipinski definition) is 3. The maximum absolute atomic E-state index is 12.1. The highest BCUT2D eigenvalue weighted by Gasteiger charge is 2.19. The summed E-state index contributed by atoms with van der Waals surface area (Å²) in [5.74, 6) is -0.370. The van der Waals surface area contributed by atoms with E-state index in [-0.39, 0.29) is 36.7 Å². The summed E-state index contributed by atoms with van der Waals surface area (Å²) >= 11 is 0. The topological polar surface area (TPSA) is 61.4 Å². The van der Waals surface area contributed by atoms with E-state index < -0.39 is 0 Å². The molecule has 22 heavy (non-hydrogen) atoms. The largest absolute Gasteiger partial charge is 0.336 e. The predicted octanol–water partition coefficient (Wildman–Crippen LogP) is 1.98. The van der Waals surface area contributed by atoms with Crippen LogP contribution >= 0.6 is 12.4 Å². The molecule has 0 fully saturated rings. The average molecular weight is 328 g/mol. The molecular weight excluding hydrogens is 302 g/mol. The quantitative estimate of drug-likeness (QED) is 0.840. The fraction of sp³-hybridized carbons (Fsp3) is 0.500. The second-order valence-electron chi connectivity index (χ2n) is 5.45. The first kappa shape index (κ1) is 20.4. The van der Waals surface area contributed by atoms with Crippen molar-refractivity contribution in [3.63, 3.8) is 0 Å². The molecule has 2 N–H and O–H groups in total. The molecule has 1 aromatic carbocycles. The highest BCUT2D eigenvalue weighted by atomic mass is 35.5. The molecular formula is C16H26ClN3O2. The van der Waals surface area contributed by atoms with Crippen molar-refractivity contribution < 1.29 is 9.59 Å². The van der Waals surface area contributed by atoms with Crippen molar-refractivity contribution in [2.24, 2.45) is 5.92 Å². The first-order valence-corrected chi connectivity index (χ1v) is 7.12. The number of amides is 2. The van der Waals surface area contributed by atoms with E-state index in [4.69, 9.17) is 0 Å². The van der Waals surface area contributed by atoms with Gasteiger partial charge in [0, 0.05) is 25.2 Å². The molecule has 1 rings (SSSR count). The van der Waals surface area contributed by atoms with Gasteiger partial charge >= 0.3 is 0 Å². The fourth-order valence-corrected chi connectivity index (χ4v) is 2.14. The smallest absolute Gasteiger partial charge is 0.243 e. The zero-order chi connectivity index (χ0) is 16.0. The second-order valence-corrected chi connectivity index (χ2v) is 5.45. The Morgan fingerprint density at radius 3 is 2.50 bits per heavy atom. The summed E-state index contributed by atoms with van der Waals surface area (Å²) in [7, 11) is 3.45. The van der Waals surface area contributed by atoms with Crippen LogP contribution in [0.25, 0.3) is 0 Å². The Hall–Kier alpha value is -1.59. The minimum atomic E-state index is -0.184. The number of hydrogen-bond donors (Lipinski definition) is 2. The molecule has 0 heterocycles. The number of carbonyl (C=O) groups excluding carboxylic acids is 2. The van der Waals surface area contributed by atoms with Gasteiger partial charge in [-0.1, -0.05) is 19.1 Å². The van der Waals surface area contributed by atoms with E-state index in [1.54, 1.807) is 14.1 Å². The lowest BCUT2D eigenvalue weighted by molar-refractivity contribution is -0.136. The predicted molar refractivity (Wildman–Crippen MR) is 92.5 cm³/mol. The molecule has 0 aromatic heterocycles. The Bertz CT molecular complexity index is 520. The molecule has 0 bridgehead atoms. The molecule has 6 heteroatoms. The van der Waals surface area contributed by atoms with Gasteiger partial charge in [-0.2, -0.15) is 0 Å². The van der Waals surface area contributed by atoms with Crippen molar-refractivity contribution in [1.82, 2.24) is 10.2 Å². The molecule has 0 aliphatic rings. The maximum atomic E-state index is 12.1. The molecule has 2 amide bonds. The van der Waals surface area contributed by atoms with Crippen molar-refractivity contribution >= 4 is 29.9 Å². The molecule has 1 atom stereocenters. The molecule has 1 unspecified atom stereocenters. The van der Waals surface area contributed by atoms with Gasteiger partial charge < -0.3 is 15.5 Å². The number of halogens is 1. The van der Waals surface area contributed by atoms with Crippen molar-refractivity contribution in [2.75, 3.05) is 32.5 Å². The standard InChI is InChI=1S/C16H25N3O2.ClH/c1-11-7-6-8-14(13(11)3)18-15(20)10-19(5)16(21)12(2)9-17-4;/h6-8,12,17H,9-10H2,1-5H3,(H,18,20);1H. The van der Waals surface area contributed by atoms with E-state index in [2.05, 4.69) is 10.6 Å². The van der Waals surface area contributed by atoms with Gasteiger partial charge in [0.15, 0.2) is 0 Å². The number of carbonyl (C=O) groups is 2. The molecule has 5 nitrogen and oxygen atoms in total. The number of nitrogens with zero attached hydrogens (tertiary/aromatic N) is 1. The highest BCUT2D eigenvalue weighted by molar-refractivity contribution is 5.95. The lowest BCUT2D eigenvalue weighted by atomic mass is 10.1. The number of likely N-dealkylation sites (N-methyl/N-ethyl adjacent to an activating group) is 1. The van der Waals surface area contributed by atoms with E-state index in [1.807, 2.05) is 39.0 Å². The second kappa shape index (κ2) is 9.43. The Labute approximate surface area is 138 Å².